The average molecular weight is 440 g/mol. The minimum Gasteiger partial charge on any atom is -0.377 e. The lowest BCUT2D eigenvalue weighted by Crippen LogP contribution is -2.18. The van der Waals surface area contributed by atoms with Crippen LogP contribution in [-0.2, 0) is 27.5 Å². The van der Waals surface area contributed by atoms with Crippen LogP contribution in [0.15, 0.2) is 57.9 Å². The molecule has 0 amide bonds. The van der Waals surface area contributed by atoms with E-state index in [0.29, 0.717) is 17.7 Å². The first kappa shape index (κ1) is 21.8. The average Bonchev–Trinajstić information content (AvgIpc) is 3.06. The Kier molecular flexibility index (Phi) is 6.18. The molecular weight excluding hydrogens is 421 g/mol. The fraction of sp³-hybridized carbons (Fsp3) is 0.250. The van der Waals surface area contributed by atoms with E-state index in [1.807, 2.05) is 11.6 Å². The van der Waals surface area contributed by atoms with Gasteiger partial charge in [-0.05, 0) is 31.0 Å². The summed E-state index contributed by atoms with van der Waals surface area (Å²) in [7, 11) is -4.41. The third-order valence-corrected chi connectivity index (χ3v) is 5.72. The summed E-state index contributed by atoms with van der Waals surface area (Å²) in [4.78, 5) is -0.192. The van der Waals surface area contributed by atoms with Gasteiger partial charge in [-0.2, -0.15) is 13.2 Å². The van der Waals surface area contributed by atoms with E-state index >= 15 is 0 Å². The van der Waals surface area contributed by atoms with Crippen LogP contribution in [0, 0.1) is 6.92 Å². The summed E-state index contributed by atoms with van der Waals surface area (Å²) in [5.74, 6) is -1.44. The second-order valence-electron chi connectivity index (χ2n) is 6.36. The van der Waals surface area contributed by atoms with Crippen molar-refractivity contribution in [2.45, 2.75) is 31.5 Å². The standard InChI is InChI=1S/C20H19F3N2O4S/c1-3-28-12-14-8-4-5-9-15(14)16-10-6-7-11-17(16)30(26,27)25-19-18(20(21,22)23)13(2)29-24-19/h4-11H,3,12H2,1-2H3,(H,24,25). The molecule has 3 aromatic rings. The van der Waals surface area contributed by atoms with Crippen LogP contribution in [0.5, 0.6) is 0 Å². The van der Waals surface area contributed by atoms with E-state index in [9.17, 15) is 21.6 Å². The zero-order chi connectivity index (χ0) is 21.9. The van der Waals surface area contributed by atoms with Gasteiger partial charge >= 0.3 is 6.18 Å². The van der Waals surface area contributed by atoms with Crippen molar-refractivity contribution < 1.29 is 30.8 Å². The fourth-order valence-electron chi connectivity index (χ4n) is 3.00. The molecule has 0 aliphatic heterocycles. The van der Waals surface area contributed by atoms with Crippen LogP contribution in [0.25, 0.3) is 11.1 Å². The molecule has 6 nitrogen and oxygen atoms in total. The van der Waals surface area contributed by atoms with E-state index < -0.39 is 33.3 Å². The van der Waals surface area contributed by atoms with Gasteiger partial charge in [-0.1, -0.05) is 47.6 Å². The Morgan fingerprint density at radius 2 is 1.70 bits per heavy atom. The number of nitrogens with zero attached hydrogens (tertiary/aromatic N) is 1. The Bertz CT molecular complexity index is 1140. The van der Waals surface area contributed by atoms with Crippen molar-refractivity contribution in [3.8, 4) is 11.1 Å². The smallest absolute Gasteiger partial charge is 0.377 e. The predicted molar refractivity (Wildman–Crippen MR) is 104 cm³/mol. The first-order valence-corrected chi connectivity index (χ1v) is 10.4. The summed E-state index contributed by atoms with van der Waals surface area (Å²) < 4.78 is 77.8. The lowest BCUT2D eigenvalue weighted by atomic mass is 10.0. The van der Waals surface area contributed by atoms with Crippen LogP contribution < -0.4 is 4.72 Å². The molecule has 1 heterocycles. The molecule has 0 spiro atoms. The van der Waals surface area contributed by atoms with Gasteiger partial charge in [-0.15, -0.1) is 0 Å². The van der Waals surface area contributed by atoms with Crippen LogP contribution in [0.2, 0.25) is 0 Å². The second-order valence-corrected chi connectivity index (χ2v) is 8.01. The number of sulfonamides is 1. The number of benzene rings is 2. The molecule has 30 heavy (non-hydrogen) atoms. The number of halogens is 3. The fourth-order valence-corrected chi connectivity index (χ4v) is 4.23. The van der Waals surface area contributed by atoms with Gasteiger partial charge in [0.1, 0.15) is 11.3 Å². The molecule has 0 unspecified atom stereocenters. The third-order valence-electron chi connectivity index (χ3n) is 4.32. The summed E-state index contributed by atoms with van der Waals surface area (Å²) in [6.07, 6.45) is -4.83. The van der Waals surface area contributed by atoms with Gasteiger partial charge in [0.2, 0.25) is 0 Å². The quantitative estimate of drug-likeness (QED) is 0.559. The highest BCUT2D eigenvalue weighted by Crippen LogP contribution is 2.38. The van der Waals surface area contributed by atoms with Gasteiger partial charge in [0, 0.05) is 12.2 Å². The monoisotopic (exact) mass is 440 g/mol. The number of aromatic nitrogens is 1. The number of hydrogen-bond acceptors (Lipinski definition) is 5. The van der Waals surface area contributed by atoms with Crippen LogP contribution in [-0.4, -0.2) is 20.2 Å². The van der Waals surface area contributed by atoms with E-state index in [1.165, 1.54) is 12.1 Å². The second kappa shape index (κ2) is 8.49. The van der Waals surface area contributed by atoms with E-state index in [0.717, 1.165) is 12.5 Å². The maximum absolute atomic E-state index is 13.3. The normalized spacial score (nSPS) is 12.2. The van der Waals surface area contributed by atoms with Gasteiger partial charge < -0.3 is 9.26 Å². The topological polar surface area (TPSA) is 81.4 Å². The number of anilines is 1. The molecule has 10 heteroatoms. The van der Waals surface area contributed by atoms with Crippen LogP contribution >= 0.6 is 0 Å². The number of hydrogen-bond donors (Lipinski definition) is 1. The van der Waals surface area contributed by atoms with Crippen LogP contribution in [0.4, 0.5) is 19.0 Å². The first-order chi connectivity index (χ1) is 14.1. The number of rotatable bonds is 7. The van der Waals surface area contributed by atoms with Gasteiger partial charge in [0.15, 0.2) is 5.82 Å². The minimum absolute atomic E-state index is 0.192. The lowest BCUT2D eigenvalue weighted by Gasteiger charge is -2.15. The summed E-state index contributed by atoms with van der Waals surface area (Å²) in [6, 6.07) is 13.1. The Morgan fingerprint density at radius 1 is 1.07 bits per heavy atom. The molecule has 0 aliphatic carbocycles. The van der Waals surface area contributed by atoms with Crippen molar-refractivity contribution in [2.24, 2.45) is 0 Å². The molecule has 0 aliphatic rings. The first-order valence-electron chi connectivity index (χ1n) is 8.96. The molecule has 1 N–H and O–H groups in total. The van der Waals surface area contributed by atoms with Gasteiger partial charge in [-0.25, -0.2) is 8.42 Å². The summed E-state index contributed by atoms with van der Waals surface area (Å²) >= 11 is 0. The van der Waals surface area contributed by atoms with Crippen molar-refractivity contribution in [1.82, 2.24) is 5.16 Å². The maximum Gasteiger partial charge on any atom is 0.423 e. The van der Waals surface area contributed by atoms with E-state index in [1.54, 1.807) is 36.4 Å². The molecule has 2 aromatic carbocycles. The summed E-state index contributed by atoms with van der Waals surface area (Å²) in [6.45, 7) is 3.63. The molecule has 160 valence electrons. The van der Waals surface area contributed by atoms with Gasteiger partial charge in [0.05, 0.1) is 11.5 Å². The molecule has 0 saturated carbocycles. The lowest BCUT2D eigenvalue weighted by molar-refractivity contribution is -0.137. The van der Waals surface area contributed by atoms with Crippen molar-refractivity contribution >= 4 is 15.8 Å². The van der Waals surface area contributed by atoms with Crippen molar-refractivity contribution in [3.05, 3.63) is 65.4 Å². The van der Waals surface area contributed by atoms with Crippen LogP contribution in [0.1, 0.15) is 23.8 Å². The minimum atomic E-state index is -4.83. The Morgan fingerprint density at radius 3 is 2.37 bits per heavy atom. The molecule has 1 aromatic heterocycles. The van der Waals surface area contributed by atoms with Crippen molar-refractivity contribution in [1.29, 1.82) is 0 Å². The Labute approximate surface area is 171 Å². The van der Waals surface area contributed by atoms with Crippen LogP contribution in [0.3, 0.4) is 0 Å². The van der Waals surface area contributed by atoms with E-state index in [4.69, 9.17) is 4.74 Å². The summed E-state index contributed by atoms with van der Waals surface area (Å²) in [5.41, 5.74) is 0.406. The molecule has 3 rings (SSSR count). The largest absolute Gasteiger partial charge is 0.423 e. The highest BCUT2D eigenvalue weighted by atomic mass is 32.2. The van der Waals surface area contributed by atoms with Gasteiger partial charge in [-0.3, -0.25) is 4.72 Å². The predicted octanol–water partition coefficient (Wildman–Crippen LogP) is 5.01. The molecule has 0 atom stereocenters. The van der Waals surface area contributed by atoms with E-state index in [2.05, 4.69) is 9.68 Å². The molecule has 0 bridgehead atoms. The highest BCUT2D eigenvalue weighted by molar-refractivity contribution is 7.92. The zero-order valence-electron chi connectivity index (χ0n) is 16.2. The summed E-state index contributed by atoms with van der Waals surface area (Å²) in [5, 5.41) is 3.25. The van der Waals surface area contributed by atoms with Crippen molar-refractivity contribution in [2.75, 3.05) is 11.3 Å². The molecular formula is C20H19F3N2O4S. The Balaban J connectivity index is 2.07. The third kappa shape index (κ3) is 4.49. The molecule has 0 saturated heterocycles. The number of aryl methyl sites for hydroxylation is 1. The maximum atomic E-state index is 13.3. The molecule has 0 radical (unpaired) electrons. The highest BCUT2D eigenvalue weighted by Gasteiger charge is 2.40. The van der Waals surface area contributed by atoms with Crippen molar-refractivity contribution in [3.63, 3.8) is 0 Å². The van der Waals surface area contributed by atoms with E-state index in [-0.39, 0.29) is 11.5 Å². The van der Waals surface area contributed by atoms with Gasteiger partial charge in [0.25, 0.3) is 10.0 Å². The Hall–Kier alpha value is -2.85. The number of alkyl halides is 3. The molecule has 0 fully saturated rings. The number of ether oxygens (including phenoxy) is 1. The SMILES string of the molecule is CCOCc1ccccc1-c1ccccc1S(=O)(=O)Nc1noc(C)c1C(F)(F)F. The number of nitrogens with one attached hydrogen (secondary N) is 1. The zero-order valence-corrected chi connectivity index (χ0v) is 17.0.